The number of aliphatic hydroxyl groups is 1. The third kappa shape index (κ3) is 6.45. The van der Waals surface area contributed by atoms with Crippen molar-refractivity contribution in [2.24, 2.45) is 0 Å². The smallest absolute Gasteiger partial charge is 0.389 e. The second-order valence-electron chi connectivity index (χ2n) is 7.84. The highest BCUT2D eigenvalue weighted by Crippen LogP contribution is 2.31. The van der Waals surface area contributed by atoms with Crippen LogP contribution < -0.4 is 4.90 Å². The van der Waals surface area contributed by atoms with Gasteiger partial charge in [-0.25, -0.2) is 0 Å². The molecule has 1 aliphatic rings. The summed E-state index contributed by atoms with van der Waals surface area (Å²) in [5.41, 5.74) is 1.17. The fraction of sp³-hybridized carbons (Fsp3) is 0.478. The van der Waals surface area contributed by atoms with E-state index in [1.165, 1.54) is 17.7 Å². The number of rotatable bonds is 8. The molecule has 0 saturated carbocycles. The van der Waals surface area contributed by atoms with Crippen molar-refractivity contribution in [2.75, 3.05) is 50.8 Å². The van der Waals surface area contributed by atoms with Crippen molar-refractivity contribution in [1.82, 2.24) is 4.90 Å². The van der Waals surface area contributed by atoms with E-state index in [1.54, 1.807) is 6.07 Å². The number of ether oxygens (including phenoxy) is 1. The van der Waals surface area contributed by atoms with Crippen LogP contribution in [-0.4, -0.2) is 62.0 Å². The van der Waals surface area contributed by atoms with Gasteiger partial charge in [0.15, 0.2) is 0 Å². The Balaban J connectivity index is 1.39. The molecule has 2 aromatic rings. The predicted molar refractivity (Wildman–Crippen MR) is 112 cm³/mol. The minimum atomic E-state index is -4.33. The quantitative estimate of drug-likeness (QED) is 0.698. The van der Waals surface area contributed by atoms with Crippen LogP contribution in [0.3, 0.4) is 0 Å². The number of anilines is 1. The first-order chi connectivity index (χ1) is 14.3. The van der Waals surface area contributed by atoms with E-state index in [9.17, 15) is 18.3 Å². The first-order valence-corrected chi connectivity index (χ1v) is 10.3. The lowest BCUT2D eigenvalue weighted by atomic mass is 10.0. The molecule has 1 fully saturated rings. The SMILES string of the molecule is CC(COCC(O)CN1CCN(c2cccc(C(F)(F)F)c2)CC1)c1ccccc1. The number of hydrogen-bond acceptors (Lipinski definition) is 4. The summed E-state index contributed by atoms with van der Waals surface area (Å²) >= 11 is 0. The van der Waals surface area contributed by atoms with Crippen LogP contribution in [0, 0.1) is 0 Å². The Bertz CT molecular complexity index is 778. The van der Waals surface area contributed by atoms with Crippen LogP contribution in [0.2, 0.25) is 0 Å². The summed E-state index contributed by atoms with van der Waals surface area (Å²) < 4.78 is 44.5. The molecule has 2 unspecified atom stereocenters. The molecular formula is C23H29F3N2O2. The van der Waals surface area contributed by atoms with E-state index in [0.717, 1.165) is 6.07 Å². The lowest BCUT2D eigenvalue weighted by Crippen LogP contribution is -2.49. The van der Waals surface area contributed by atoms with E-state index >= 15 is 0 Å². The number of hydrogen-bond donors (Lipinski definition) is 1. The molecule has 0 amide bonds. The molecule has 7 heteroatoms. The highest BCUT2D eigenvalue weighted by Gasteiger charge is 2.31. The summed E-state index contributed by atoms with van der Waals surface area (Å²) in [6.07, 6.45) is -4.92. The average molecular weight is 422 g/mol. The van der Waals surface area contributed by atoms with E-state index in [2.05, 4.69) is 24.0 Å². The Morgan fingerprint density at radius 3 is 2.33 bits per heavy atom. The topological polar surface area (TPSA) is 35.9 Å². The van der Waals surface area contributed by atoms with Gasteiger partial charge < -0.3 is 14.7 Å². The number of benzene rings is 2. The van der Waals surface area contributed by atoms with Gasteiger partial charge in [-0.1, -0.05) is 43.3 Å². The summed E-state index contributed by atoms with van der Waals surface area (Å²) in [7, 11) is 0. The molecule has 0 spiro atoms. The van der Waals surface area contributed by atoms with Crippen molar-refractivity contribution in [2.45, 2.75) is 25.1 Å². The summed E-state index contributed by atoms with van der Waals surface area (Å²) in [6.45, 7) is 6.03. The Morgan fingerprint density at radius 1 is 0.967 bits per heavy atom. The summed E-state index contributed by atoms with van der Waals surface area (Å²) in [5.74, 6) is 0.259. The zero-order valence-corrected chi connectivity index (χ0v) is 17.2. The van der Waals surface area contributed by atoms with E-state index in [4.69, 9.17) is 4.74 Å². The highest BCUT2D eigenvalue weighted by atomic mass is 19.4. The molecule has 0 bridgehead atoms. The Kier molecular flexibility index (Phi) is 7.75. The molecule has 0 radical (unpaired) electrons. The van der Waals surface area contributed by atoms with Gasteiger partial charge in [0.25, 0.3) is 0 Å². The molecule has 1 saturated heterocycles. The van der Waals surface area contributed by atoms with Crippen LogP contribution in [-0.2, 0) is 10.9 Å². The number of β-amino-alcohol motifs (C(OH)–C–C–N with tert-alkyl or cyclic N) is 1. The molecule has 1 heterocycles. The van der Waals surface area contributed by atoms with Crippen molar-refractivity contribution < 1.29 is 23.0 Å². The van der Waals surface area contributed by atoms with Gasteiger partial charge in [0.1, 0.15) is 0 Å². The van der Waals surface area contributed by atoms with Gasteiger partial charge >= 0.3 is 6.18 Å². The van der Waals surface area contributed by atoms with Crippen LogP contribution in [0.25, 0.3) is 0 Å². The molecular weight excluding hydrogens is 393 g/mol. The maximum Gasteiger partial charge on any atom is 0.416 e. The van der Waals surface area contributed by atoms with Gasteiger partial charge in [0, 0.05) is 44.3 Å². The molecule has 1 aliphatic heterocycles. The zero-order chi connectivity index (χ0) is 21.6. The third-order valence-corrected chi connectivity index (χ3v) is 5.43. The number of alkyl halides is 3. The first kappa shape index (κ1) is 22.6. The van der Waals surface area contributed by atoms with E-state index in [1.807, 2.05) is 23.1 Å². The van der Waals surface area contributed by atoms with Gasteiger partial charge in [0.2, 0.25) is 0 Å². The largest absolute Gasteiger partial charge is 0.416 e. The molecule has 2 atom stereocenters. The van der Waals surface area contributed by atoms with Gasteiger partial charge in [-0.05, 0) is 23.8 Å². The van der Waals surface area contributed by atoms with Crippen molar-refractivity contribution in [3.63, 3.8) is 0 Å². The lowest BCUT2D eigenvalue weighted by molar-refractivity contribution is -0.137. The fourth-order valence-corrected chi connectivity index (χ4v) is 3.68. The molecule has 1 N–H and O–H groups in total. The lowest BCUT2D eigenvalue weighted by Gasteiger charge is -2.37. The Labute approximate surface area is 175 Å². The van der Waals surface area contributed by atoms with Crippen LogP contribution in [0.5, 0.6) is 0 Å². The van der Waals surface area contributed by atoms with Gasteiger partial charge in [-0.2, -0.15) is 13.2 Å². The maximum atomic E-state index is 12.9. The molecule has 30 heavy (non-hydrogen) atoms. The summed E-state index contributed by atoms with van der Waals surface area (Å²) in [4.78, 5) is 4.08. The number of piperazine rings is 1. The molecule has 4 nitrogen and oxygen atoms in total. The van der Waals surface area contributed by atoms with Gasteiger partial charge in [-0.3, -0.25) is 4.90 Å². The van der Waals surface area contributed by atoms with Crippen molar-refractivity contribution in [1.29, 1.82) is 0 Å². The Morgan fingerprint density at radius 2 is 1.67 bits per heavy atom. The van der Waals surface area contributed by atoms with Crippen molar-refractivity contribution in [3.8, 4) is 0 Å². The maximum absolute atomic E-state index is 12.9. The van der Waals surface area contributed by atoms with Crippen LogP contribution in [0.1, 0.15) is 24.0 Å². The first-order valence-electron chi connectivity index (χ1n) is 10.3. The number of halogens is 3. The minimum Gasteiger partial charge on any atom is -0.389 e. The van der Waals surface area contributed by atoms with E-state index < -0.39 is 17.8 Å². The van der Waals surface area contributed by atoms with Crippen LogP contribution in [0.15, 0.2) is 54.6 Å². The molecule has 3 rings (SSSR count). The second kappa shape index (κ2) is 10.3. The monoisotopic (exact) mass is 422 g/mol. The van der Waals surface area contributed by atoms with Gasteiger partial charge in [-0.15, -0.1) is 0 Å². The molecule has 0 aromatic heterocycles. The van der Waals surface area contributed by atoms with E-state index in [-0.39, 0.29) is 12.5 Å². The molecule has 2 aromatic carbocycles. The van der Waals surface area contributed by atoms with Crippen molar-refractivity contribution >= 4 is 5.69 Å². The van der Waals surface area contributed by atoms with Crippen LogP contribution in [0.4, 0.5) is 18.9 Å². The van der Waals surface area contributed by atoms with Crippen molar-refractivity contribution in [3.05, 3.63) is 65.7 Å². The highest BCUT2D eigenvalue weighted by molar-refractivity contribution is 5.49. The predicted octanol–water partition coefficient (Wildman–Crippen LogP) is 4.01. The minimum absolute atomic E-state index is 0.259. The second-order valence-corrected chi connectivity index (χ2v) is 7.84. The van der Waals surface area contributed by atoms with E-state index in [0.29, 0.717) is 45.0 Å². The van der Waals surface area contributed by atoms with Gasteiger partial charge in [0.05, 0.1) is 24.9 Å². The fourth-order valence-electron chi connectivity index (χ4n) is 3.68. The molecule has 164 valence electrons. The summed E-state index contributed by atoms with van der Waals surface area (Å²) in [6, 6.07) is 15.6. The zero-order valence-electron chi connectivity index (χ0n) is 17.2. The standard InChI is InChI=1S/C23H29F3N2O2/c1-18(19-6-3-2-4-7-19)16-30-17-22(29)15-27-10-12-28(13-11-27)21-9-5-8-20(14-21)23(24,25)26/h2-9,14,18,22,29H,10-13,15-17H2,1H3. The normalized spacial score (nSPS) is 17.7. The Hall–Kier alpha value is -2.09. The summed E-state index contributed by atoms with van der Waals surface area (Å²) in [5, 5.41) is 10.3. The third-order valence-electron chi connectivity index (χ3n) is 5.43. The number of aliphatic hydroxyl groups excluding tert-OH is 1. The average Bonchev–Trinajstić information content (AvgIpc) is 2.74. The number of nitrogens with zero attached hydrogens (tertiary/aromatic N) is 2. The van der Waals surface area contributed by atoms with Crippen LogP contribution >= 0.6 is 0 Å². The molecule has 0 aliphatic carbocycles.